The summed E-state index contributed by atoms with van der Waals surface area (Å²) in [6.07, 6.45) is 0.159. The maximum absolute atomic E-state index is 10.8. The third kappa shape index (κ3) is 6.27. The fourth-order valence-corrected chi connectivity index (χ4v) is 1.73. The van der Waals surface area contributed by atoms with Crippen molar-refractivity contribution in [3.63, 3.8) is 0 Å². The van der Waals surface area contributed by atoms with E-state index in [-0.39, 0.29) is 12.1 Å². The zero-order chi connectivity index (χ0) is 15.0. The van der Waals surface area contributed by atoms with Gasteiger partial charge in [-0.2, -0.15) is 0 Å². The van der Waals surface area contributed by atoms with Crippen molar-refractivity contribution in [2.45, 2.75) is 61.2 Å². The van der Waals surface area contributed by atoms with Gasteiger partial charge in [0.25, 0.3) is 0 Å². The molecule has 108 valence electrons. The van der Waals surface area contributed by atoms with Gasteiger partial charge < -0.3 is 9.47 Å². The highest BCUT2D eigenvalue weighted by atomic mass is 16.5. The number of benzene rings is 1. The van der Waals surface area contributed by atoms with Crippen LogP contribution in [0.1, 0.15) is 51.3 Å². The van der Waals surface area contributed by atoms with E-state index in [0.29, 0.717) is 6.61 Å². The molecule has 0 saturated heterocycles. The minimum Gasteiger partial charge on any atom is -0.490 e. The van der Waals surface area contributed by atoms with Crippen LogP contribution in [0.15, 0.2) is 12.1 Å². The number of aryl methyl sites for hydroxylation is 2. The van der Waals surface area contributed by atoms with Crippen molar-refractivity contribution in [1.82, 2.24) is 0 Å². The minimum absolute atomic E-state index is 0.159. The van der Waals surface area contributed by atoms with Crippen LogP contribution in [0, 0.1) is 13.8 Å². The maximum Gasteiger partial charge on any atom is 0.302 e. The highest BCUT2D eigenvalue weighted by Crippen LogP contribution is 2.26. The maximum atomic E-state index is 10.8. The zero-order valence-electron chi connectivity index (χ0n) is 13.2. The molecule has 0 bridgehead atoms. The summed E-state index contributed by atoms with van der Waals surface area (Å²) in [5, 5.41) is 0. The van der Waals surface area contributed by atoms with Gasteiger partial charge in [0, 0.05) is 6.92 Å². The highest BCUT2D eigenvalue weighted by Gasteiger charge is 2.08. The smallest absolute Gasteiger partial charge is 0.302 e. The molecule has 0 saturated carbocycles. The van der Waals surface area contributed by atoms with Crippen molar-refractivity contribution < 1.29 is 14.3 Å². The van der Waals surface area contributed by atoms with Crippen molar-refractivity contribution in [3.8, 4) is 5.75 Å². The monoisotopic (exact) mass is 266 g/mol. The van der Waals surface area contributed by atoms with Gasteiger partial charge in [-0.1, -0.05) is 13.8 Å². The lowest BCUT2D eigenvalue weighted by Crippen LogP contribution is -2.08. The van der Waals surface area contributed by atoms with E-state index < -0.39 is 0 Å². The summed E-state index contributed by atoms with van der Waals surface area (Å²) >= 11 is 0. The molecule has 1 aromatic carbocycles. The Kier molecular flexibility index (Phi) is 7.89. The first-order valence-corrected chi connectivity index (χ1v) is 6.80. The van der Waals surface area contributed by atoms with Crippen molar-refractivity contribution in [3.05, 3.63) is 28.8 Å². The van der Waals surface area contributed by atoms with Crippen LogP contribution in [0.3, 0.4) is 0 Å². The van der Waals surface area contributed by atoms with Crippen molar-refractivity contribution in [1.29, 1.82) is 0 Å². The predicted octanol–water partition coefficient (Wildman–Crippen LogP) is 4.18. The molecule has 0 radical (unpaired) electrons. The molecule has 0 aromatic heterocycles. The van der Waals surface area contributed by atoms with Gasteiger partial charge in [-0.3, -0.25) is 4.79 Å². The van der Waals surface area contributed by atoms with Crippen LogP contribution in [0.2, 0.25) is 0 Å². The predicted molar refractivity (Wildman–Crippen MR) is 78.5 cm³/mol. The van der Waals surface area contributed by atoms with Crippen LogP contribution < -0.4 is 4.74 Å². The molecule has 0 heterocycles. The first kappa shape index (κ1) is 17.5. The Balaban J connectivity index is 0.00000154. The largest absolute Gasteiger partial charge is 0.490 e. The summed E-state index contributed by atoms with van der Waals surface area (Å²) in [7, 11) is 0. The number of ether oxygens (including phenoxy) is 2. The van der Waals surface area contributed by atoms with Gasteiger partial charge in [0.1, 0.15) is 12.4 Å². The molecule has 1 rings (SSSR count). The zero-order valence-corrected chi connectivity index (χ0v) is 13.2. The Morgan fingerprint density at radius 1 is 1.16 bits per heavy atom. The van der Waals surface area contributed by atoms with E-state index in [1.54, 1.807) is 0 Å². The fraction of sp³-hybridized carbons (Fsp3) is 0.562. The molecule has 1 aromatic rings. The average Bonchev–Trinajstić information content (AvgIpc) is 2.33. The Hall–Kier alpha value is -1.51. The van der Waals surface area contributed by atoms with Gasteiger partial charge >= 0.3 is 5.97 Å². The summed E-state index contributed by atoms with van der Waals surface area (Å²) in [6.45, 7) is 13.7. The van der Waals surface area contributed by atoms with Crippen LogP contribution in [0.4, 0.5) is 0 Å². The summed E-state index contributed by atoms with van der Waals surface area (Å²) in [4.78, 5) is 10.8. The Morgan fingerprint density at radius 2 is 1.63 bits per heavy atom. The molecule has 0 N–H and O–H groups in total. The average molecular weight is 266 g/mol. The van der Waals surface area contributed by atoms with E-state index in [2.05, 4.69) is 0 Å². The van der Waals surface area contributed by atoms with E-state index in [0.717, 1.165) is 22.4 Å². The van der Waals surface area contributed by atoms with Gasteiger partial charge in [0.05, 0.1) is 6.10 Å². The summed E-state index contributed by atoms with van der Waals surface area (Å²) < 4.78 is 10.7. The third-order valence-electron chi connectivity index (χ3n) is 2.32. The summed E-state index contributed by atoms with van der Waals surface area (Å²) in [5.74, 6) is 0.661. The van der Waals surface area contributed by atoms with Crippen LogP contribution in [-0.2, 0) is 16.1 Å². The Labute approximate surface area is 116 Å². The minimum atomic E-state index is -0.261. The molecule has 0 unspecified atom stereocenters. The van der Waals surface area contributed by atoms with Gasteiger partial charge in [0.2, 0.25) is 0 Å². The lowest BCUT2D eigenvalue weighted by molar-refractivity contribution is -0.142. The number of rotatable bonds is 4. The third-order valence-corrected chi connectivity index (χ3v) is 2.32. The molecule has 0 atom stereocenters. The molecule has 0 spiro atoms. The molecular weight excluding hydrogens is 240 g/mol. The highest BCUT2D eigenvalue weighted by molar-refractivity contribution is 5.66. The van der Waals surface area contributed by atoms with E-state index in [9.17, 15) is 4.79 Å². The second-order valence-electron chi connectivity index (χ2n) is 4.51. The van der Waals surface area contributed by atoms with Crippen molar-refractivity contribution in [2.24, 2.45) is 0 Å². The summed E-state index contributed by atoms with van der Waals surface area (Å²) in [6, 6.07) is 3.99. The first-order chi connectivity index (χ1) is 8.90. The number of esters is 1. The second kappa shape index (κ2) is 8.57. The molecule has 0 amide bonds. The molecule has 3 nitrogen and oxygen atoms in total. The normalized spacial score (nSPS) is 9.68. The lowest BCUT2D eigenvalue weighted by atomic mass is 10.1. The number of carbonyl (C=O) groups excluding carboxylic acids is 1. The molecule has 0 aliphatic carbocycles. The lowest BCUT2D eigenvalue weighted by Gasteiger charge is -2.16. The molecule has 3 heteroatoms. The van der Waals surface area contributed by atoms with Crippen LogP contribution >= 0.6 is 0 Å². The summed E-state index contributed by atoms with van der Waals surface area (Å²) in [5.41, 5.74) is 3.13. The molecule has 0 aliphatic rings. The quantitative estimate of drug-likeness (QED) is 0.767. The van der Waals surface area contributed by atoms with Crippen LogP contribution in [0.25, 0.3) is 0 Å². The molecule has 0 aliphatic heterocycles. The molecule has 19 heavy (non-hydrogen) atoms. The fourth-order valence-electron chi connectivity index (χ4n) is 1.73. The Bertz CT molecular complexity index is 385. The molecular formula is C16H26O3. The van der Waals surface area contributed by atoms with Crippen molar-refractivity contribution >= 4 is 5.97 Å². The van der Waals surface area contributed by atoms with Gasteiger partial charge in [-0.15, -0.1) is 0 Å². The van der Waals surface area contributed by atoms with Crippen molar-refractivity contribution in [2.75, 3.05) is 0 Å². The topological polar surface area (TPSA) is 35.5 Å². The number of hydrogen-bond donors (Lipinski definition) is 0. The van der Waals surface area contributed by atoms with E-state index in [4.69, 9.17) is 9.47 Å². The van der Waals surface area contributed by atoms with Gasteiger partial charge in [0.15, 0.2) is 0 Å². The van der Waals surface area contributed by atoms with E-state index >= 15 is 0 Å². The number of hydrogen-bond acceptors (Lipinski definition) is 3. The van der Waals surface area contributed by atoms with E-state index in [1.165, 1.54) is 6.92 Å². The van der Waals surface area contributed by atoms with Crippen LogP contribution in [0.5, 0.6) is 5.75 Å². The van der Waals surface area contributed by atoms with E-state index in [1.807, 2.05) is 53.7 Å². The van der Waals surface area contributed by atoms with Crippen LogP contribution in [-0.4, -0.2) is 12.1 Å². The second-order valence-corrected chi connectivity index (χ2v) is 4.51. The van der Waals surface area contributed by atoms with Gasteiger partial charge in [-0.25, -0.2) is 0 Å². The molecule has 0 fully saturated rings. The SMILES string of the molecule is CC.CC(=O)OCc1cc(C)c(OC(C)C)c(C)c1. The first-order valence-electron chi connectivity index (χ1n) is 6.80. The Morgan fingerprint density at radius 3 is 2.00 bits per heavy atom. The van der Waals surface area contributed by atoms with Gasteiger partial charge in [-0.05, 0) is 56.5 Å². The standard InChI is InChI=1S/C14H20O3.C2H6/c1-9(2)17-14-10(3)6-13(7-11(14)4)8-16-12(5)15;1-2/h6-7,9H,8H2,1-5H3;1-2H3. The number of carbonyl (C=O) groups is 1.